The van der Waals surface area contributed by atoms with Crippen LogP contribution in [0, 0.1) is 0 Å². The standard InChI is InChI=1S/C26H20O3S/c1-3-16-26(29-24(27)4-2)22-13-9-8-12-20(22)25(28)21-17-19(14-15-23(21)26)30-18-10-6-5-7-11-18/h3-15,17H,1-2,16H2. The van der Waals surface area contributed by atoms with E-state index in [4.69, 9.17) is 4.74 Å². The monoisotopic (exact) mass is 412 g/mol. The van der Waals surface area contributed by atoms with Crippen LogP contribution in [0.25, 0.3) is 0 Å². The molecule has 0 saturated carbocycles. The Morgan fingerprint density at radius 3 is 2.33 bits per heavy atom. The SMILES string of the molecule is C=CCC1(OC(=O)C=C)c2ccccc2C(=O)c2cc(Sc3ccccc3)ccc21. The van der Waals surface area contributed by atoms with E-state index < -0.39 is 11.6 Å². The van der Waals surface area contributed by atoms with E-state index in [1.54, 1.807) is 23.9 Å². The van der Waals surface area contributed by atoms with Crippen LogP contribution >= 0.6 is 11.8 Å². The van der Waals surface area contributed by atoms with Crippen LogP contribution in [0.1, 0.15) is 33.5 Å². The Labute approximate surface area is 180 Å². The Kier molecular flexibility index (Phi) is 5.42. The molecule has 0 heterocycles. The zero-order valence-electron chi connectivity index (χ0n) is 16.3. The van der Waals surface area contributed by atoms with E-state index in [0.717, 1.165) is 15.9 Å². The van der Waals surface area contributed by atoms with E-state index in [1.807, 2.05) is 66.7 Å². The summed E-state index contributed by atoms with van der Waals surface area (Å²) >= 11 is 1.58. The van der Waals surface area contributed by atoms with Crippen molar-refractivity contribution in [1.82, 2.24) is 0 Å². The quantitative estimate of drug-likeness (QED) is 0.286. The highest BCUT2D eigenvalue weighted by molar-refractivity contribution is 7.99. The zero-order valence-corrected chi connectivity index (χ0v) is 17.2. The second-order valence-corrected chi connectivity index (χ2v) is 8.09. The molecule has 1 aliphatic carbocycles. The second-order valence-electron chi connectivity index (χ2n) is 6.94. The molecule has 0 fully saturated rings. The molecule has 30 heavy (non-hydrogen) atoms. The maximum Gasteiger partial charge on any atom is 0.331 e. The van der Waals surface area contributed by atoms with Gasteiger partial charge in [0.15, 0.2) is 11.4 Å². The van der Waals surface area contributed by atoms with Crippen molar-refractivity contribution >= 4 is 23.5 Å². The van der Waals surface area contributed by atoms with Crippen LogP contribution in [0.4, 0.5) is 0 Å². The fourth-order valence-electron chi connectivity index (χ4n) is 3.86. The molecule has 0 bridgehead atoms. The minimum atomic E-state index is -1.12. The predicted molar refractivity (Wildman–Crippen MR) is 119 cm³/mol. The van der Waals surface area contributed by atoms with Crippen molar-refractivity contribution in [2.24, 2.45) is 0 Å². The van der Waals surface area contributed by atoms with Gasteiger partial charge in [-0.05, 0) is 24.3 Å². The van der Waals surface area contributed by atoms with Gasteiger partial charge in [0, 0.05) is 44.5 Å². The first kappa shape index (κ1) is 19.9. The maximum absolute atomic E-state index is 13.4. The normalized spacial score (nSPS) is 16.9. The number of carbonyl (C=O) groups is 2. The lowest BCUT2D eigenvalue weighted by molar-refractivity contribution is -0.150. The van der Waals surface area contributed by atoms with Gasteiger partial charge < -0.3 is 4.74 Å². The lowest BCUT2D eigenvalue weighted by atomic mass is 9.72. The molecule has 0 radical (unpaired) electrons. The summed E-state index contributed by atoms with van der Waals surface area (Å²) in [6.45, 7) is 7.40. The Balaban J connectivity index is 1.90. The smallest absolute Gasteiger partial charge is 0.331 e. The van der Waals surface area contributed by atoms with Gasteiger partial charge in [0.05, 0.1) is 0 Å². The molecule has 3 nitrogen and oxygen atoms in total. The van der Waals surface area contributed by atoms with Crippen LogP contribution in [0.2, 0.25) is 0 Å². The van der Waals surface area contributed by atoms with E-state index in [0.29, 0.717) is 28.7 Å². The van der Waals surface area contributed by atoms with E-state index in [2.05, 4.69) is 13.2 Å². The minimum absolute atomic E-state index is 0.0783. The van der Waals surface area contributed by atoms with Gasteiger partial charge in [0.25, 0.3) is 0 Å². The number of rotatable bonds is 6. The van der Waals surface area contributed by atoms with E-state index in [-0.39, 0.29) is 5.78 Å². The maximum atomic E-state index is 13.4. The van der Waals surface area contributed by atoms with E-state index >= 15 is 0 Å². The van der Waals surface area contributed by atoms with Crippen LogP contribution in [-0.2, 0) is 15.1 Å². The molecule has 1 aliphatic rings. The van der Waals surface area contributed by atoms with Crippen LogP contribution in [-0.4, -0.2) is 11.8 Å². The van der Waals surface area contributed by atoms with Gasteiger partial charge in [0.2, 0.25) is 0 Å². The second kappa shape index (κ2) is 8.17. The molecule has 0 N–H and O–H groups in total. The Morgan fingerprint density at radius 1 is 0.900 bits per heavy atom. The van der Waals surface area contributed by atoms with E-state index in [9.17, 15) is 9.59 Å². The van der Waals surface area contributed by atoms with Crippen LogP contribution in [0.5, 0.6) is 0 Å². The van der Waals surface area contributed by atoms with Crippen molar-refractivity contribution in [3.05, 3.63) is 120 Å². The molecule has 0 saturated heterocycles. The van der Waals surface area contributed by atoms with Crippen molar-refractivity contribution in [1.29, 1.82) is 0 Å². The molecule has 0 spiro atoms. The molecule has 148 valence electrons. The number of fused-ring (bicyclic) bond motifs is 2. The average molecular weight is 413 g/mol. The summed E-state index contributed by atoms with van der Waals surface area (Å²) in [7, 11) is 0. The molecule has 3 aromatic carbocycles. The van der Waals surface area contributed by atoms with Gasteiger partial charge in [-0.2, -0.15) is 0 Å². The summed E-state index contributed by atoms with van der Waals surface area (Å²) in [5, 5.41) is 0. The fourth-order valence-corrected chi connectivity index (χ4v) is 4.74. The molecule has 3 aromatic rings. The number of esters is 1. The minimum Gasteiger partial charge on any atom is -0.446 e. The van der Waals surface area contributed by atoms with Crippen molar-refractivity contribution in [2.45, 2.75) is 21.8 Å². The average Bonchev–Trinajstić information content (AvgIpc) is 2.78. The third kappa shape index (κ3) is 3.40. The predicted octanol–water partition coefficient (Wildman–Crippen LogP) is 5.93. The summed E-state index contributed by atoms with van der Waals surface area (Å²) in [6, 6.07) is 23.0. The molecular formula is C26H20O3S. The lowest BCUT2D eigenvalue weighted by Gasteiger charge is -2.39. The number of hydrogen-bond acceptors (Lipinski definition) is 4. The Bertz CT molecular complexity index is 1150. The summed E-state index contributed by atoms with van der Waals surface area (Å²) in [5.41, 5.74) is 1.28. The third-order valence-corrected chi connectivity index (χ3v) is 6.13. The molecule has 4 rings (SSSR count). The number of carbonyl (C=O) groups excluding carboxylic acids is 2. The number of benzene rings is 3. The first-order chi connectivity index (χ1) is 14.6. The lowest BCUT2D eigenvalue weighted by Crippen LogP contribution is -2.39. The molecule has 4 heteroatoms. The number of ketones is 1. The van der Waals surface area contributed by atoms with Gasteiger partial charge in [-0.3, -0.25) is 4.79 Å². The van der Waals surface area contributed by atoms with E-state index in [1.165, 1.54) is 0 Å². The van der Waals surface area contributed by atoms with Crippen molar-refractivity contribution < 1.29 is 14.3 Å². The molecule has 0 aliphatic heterocycles. The number of hydrogen-bond donors (Lipinski definition) is 0. The van der Waals surface area contributed by atoms with Crippen LogP contribution < -0.4 is 0 Å². The molecule has 1 atom stereocenters. The van der Waals surface area contributed by atoms with Gasteiger partial charge in [-0.15, -0.1) is 6.58 Å². The summed E-state index contributed by atoms with van der Waals surface area (Å²) in [6.07, 6.45) is 3.19. The molecule has 0 aromatic heterocycles. The zero-order chi connectivity index (χ0) is 21.1. The Hall–Kier alpha value is -3.37. The molecule has 1 unspecified atom stereocenters. The van der Waals surface area contributed by atoms with Crippen molar-refractivity contribution in [3.8, 4) is 0 Å². The summed E-state index contributed by atoms with van der Waals surface area (Å²) in [4.78, 5) is 27.7. The highest BCUT2D eigenvalue weighted by atomic mass is 32.2. The van der Waals surface area contributed by atoms with Gasteiger partial charge in [0.1, 0.15) is 0 Å². The highest BCUT2D eigenvalue weighted by Crippen LogP contribution is 2.46. The van der Waals surface area contributed by atoms with Gasteiger partial charge >= 0.3 is 5.97 Å². The van der Waals surface area contributed by atoms with Gasteiger partial charge in [-0.1, -0.05) is 72.9 Å². The van der Waals surface area contributed by atoms with Gasteiger partial charge in [-0.25, -0.2) is 4.79 Å². The van der Waals surface area contributed by atoms with Crippen molar-refractivity contribution in [2.75, 3.05) is 0 Å². The highest BCUT2D eigenvalue weighted by Gasteiger charge is 2.45. The summed E-state index contributed by atoms with van der Waals surface area (Å²) in [5.74, 6) is -0.625. The third-order valence-electron chi connectivity index (χ3n) is 5.13. The molecule has 0 amide bonds. The topological polar surface area (TPSA) is 43.4 Å². The number of ether oxygens (including phenoxy) is 1. The first-order valence-electron chi connectivity index (χ1n) is 9.57. The first-order valence-corrected chi connectivity index (χ1v) is 10.4. The van der Waals surface area contributed by atoms with Crippen molar-refractivity contribution in [3.63, 3.8) is 0 Å². The van der Waals surface area contributed by atoms with Crippen LogP contribution in [0.15, 0.2) is 108 Å². The molecular weight excluding hydrogens is 392 g/mol. The largest absolute Gasteiger partial charge is 0.446 e. The fraction of sp³-hybridized carbons (Fsp3) is 0.0769. The Morgan fingerprint density at radius 2 is 1.60 bits per heavy atom. The summed E-state index contributed by atoms with van der Waals surface area (Å²) < 4.78 is 5.94. The van der Waals surface area contributed by atoms with Crippen LogP contribution in [0.3, 0.4) is 0 Å².